The number of carbonyl (C=O) groups excluding carboxylic acids is 1. The highest BCUT2D eigenvalue weighted by atomic mass is 35.5. The van der Waals surface area contributed by atoms with Crippen molar-refractivity contribution in [1.82, 2.24) is 0 Å². The number of furan rings is 1. The van der Waals surface area contributed by atoms with Gasteiger partial charge in [-0.2, -0.15) is 0 Å². The lowest BCUT2D eigenvalue weighted by Crippen LogP contribution is -2.65. The highest BCUT2D eigenvalue weighted by Gasteiger charge is 2.68. The van der Waals surface area contributed by atoms with Gasteiger partial charge in [0.15, 0.2) is 0 Å². The lowest BCUT2D eigenvalue weighted by Gasteiger charge is -2.64. The predicted molar refractivity (Wildman–Crippen MR) is 113 cm³/mol. The number of halogens is 1. The van der Waals surface area contributed by atoms with Gasteiger partial charge in [0, 0.05) is 11.2 Å². The van der Waals surface area contributed by atoms with Crippen LogP contribution in [0, 0.1) is 17.3 Å². The van der Waals surface area contributed by atoms with Crippen LogP contribution in [-0.2, 0) is 20.5 Å². The van der Waals surface area contributed by atoms with E-state index in [1.165, 1.54) is 6.42 Å². The molecule has 7 heteroatoms. The quantitative estimate of drug-likeness (QED) is 0.587. The average molecular weight is 416 g/mol. The van der Waals surface area contributed by atoms with E-state index in [9.17, 15) is 4.79 Å². The van der Waals surface area contributed by atoms with Gasteiger partial charge in [-0.1, -0.05) is 32.0 Å². The highest BCUT2D eigenvalue weighted by molar-refractivity contribution is 6.51. The van der Waals surface area contributed by atoms with Crippen molar-refractivity contribution >= 4 is 35.6 Å². The molecule has 29 heavy (non-hydrogen) atoms. The summed E-state index contributed by atoms with van der Waals surface area (Å²) in [5.74, 6) is 0.160. The average Bonchev–Trinajstić information content (AvgIpc) is 3.25. The molecule has 1 aromatic carbocycles. The number of rotatable bonds is 5. The Labute approximate surface area is 176 Å². The van der Waals surface area contributed by atoms with Crippen LogP contribution in [0.3, 0.4) is 0 Å². The summed E-state index contributed by atoms with van der Waals surface area (Å²) in [4.78, 5) is 12.0. The third-order valence-electron chi connectivity index (χ3n) is 7.98. The first-order chi connectivity index (χ1) is 13.7. The van der Waals surface area contributed by atoms with E-state index >= 15 is 0 Å². The van der Waals surface area contributed by atoms with Crippen LogP contribution < -0.4 is 5.73 Å². The van der Waals surface area contributed by atoms with E-state index in [-0.39, 0.29) is 17.1 Å². The molecule has 2 N–H and O–H groups in total. The molecule has 4 fully saturated rings. The summed E-state index contributed by atoms with van der Waals surface area (Å²) in [5.41, 5.74) is 7.29. The fourth-order valence-corrected chi connectivity index (χ4v) is 6.28. The number of fused-ring (bicyclic) bond motifs is 1. The number of amides is 1. The molecule has 2 heterocycles. The first-order valence-electron chi connectivity index (χ1n) is 10.4. The molecule has 1 aromatic heterocycles. The van der Waals surface area contributed by atoms with E-state index < -0.39 is 24.2 Å². The third kappa shape index (κ3) is 2.79. The van der Waals surface area contributed by atoms with E-state index in [1.807, 2.05) is 24.3 Å². The fourth-order valence-electron chi connectivity index (χ4n) is 6.08. The minimum atomic E-state index is -0.888. The molecule has 0 spiro atoms. The number of alkyl halides is 1. The second kappa shape index (κ2) is 6.50. The number of hydrogen-bond donors (Lipinski definition) is 1. The van der Waals surface area contributed by atoms with Gasteiger partial charge >= 0.3 is 7.12 Å². The van der Waals surface area contributed by atoms with Crippen molar-refractivity contribution in [2.24, 2.45) is 23.0 Å². The van der Waals surface area contributed by atoms with Gasteiger partial charge < -0.3 is 19.5 Å². The number of carbonyl (C=O) groups is 1. The van der Waals surface area contributed by atoms with Gasteiger partial charge in [0.1, 0.15) is 11.0 Å². The Morgan fingerprint density at radius 1 is 1.31 bits per heavy atom. The van der Waals surface area contributed by atoms with Crippen LogP contribution in [0.4, 0.5) is 0 Å². The maximum atomic E-state index is 12.0. The number of benzene rings is 1. The maximum Gasteiger partial charge on any atom is 0.463 e. The Morgan fingerprint density at radius 3 is 2.79 bits per heavy atom. The summed E-state index contributed by atoms with van der Waals surface area (Å²) in [6.07, 6.45) is 4.42. The zero-order valence-electron chi connectivity index (χ0n) is 17.1. The molecule has 1 saturated heterocycles. The molecule has 1 amide bonds. The zero-order valence-corrected chi connectivity index (χ0v) is 17.8. The molecule has 4 aliphatic rings. The van der Waals surface area contributed by atoms with Gasteiger partial charge in [0.05, 0.1) is 18.0 Å². The van der Waals surface area contributed by atoms with Gasteiger partial charge in [-0.25, -0.2) is 0 Å². The molecular formula is C22H27BClNO4. The van der Waals surface area contributed by atoms with E-state index in [2.05, 4.69) is 20.8 Å². The lowest BCUT2D eigenvalue weighted by molar-refractivity contribution is -0.199. The normalized spacial score (nSPS) is 34.5. The van der Waals surface area contributed by atoms with Gasteiger partial charge in [-0.15, -0.1) is 11.6 Å². The van der Waals surface area contributed by atoms with Crippen LogP contribution in [0.1, 0.15) is 39.2 Å². The summed E-state index contributed by atoms with van der Waals surface area (Å²) < 4.78 is 18.7. The molecule has 3 saturated carbocycles. The zero-order chi connectivity index (χ0) is 20.6. The molecule has 1 aliphatic heterocycles. The van der Waals surface area contributed by atoms with Crippen LogP contribution in [-0.4, -0.2) is 30.1 Å². The first kappa shape index (κ1) is 19.5. The SMILES string of the molecule is CC1(C)[C@@H]2C[C@H]3OB([C@H](Cc4coc5ccccc45)C(Cl)C(N)=O)O[C@@]3(C)[C@H]1C2. The van der Waals surface area contributed by atoms with Crippen LogP contribution in [0.2, 0.25) is 5.82 Å². The van der Waals surface area contributed by atoms with Gasteiger partial charge in [0.25, 0.3) is 0 Å². The Kier molecular flexibility index (Phi) is 4.36. The smallest absolute Gasteiger partial charge is 0.463 e. The Balaban J connectivity index is 1.45. The number of primary amides is 1. The minimum Gasteiger partial charge on any atom is -0.464 e. The molecular weight excluding hydrogens is 389 g/mol. The Morgan fingerprint density at radius 2 is 2.07 bits per heavy atom. The van der Waals surface area contributed by atoms with Crippen molar-refractivity contribution in [1.29, 1.82) is 0 Å². The fraction of sp³-hybridized carbons (Fsp3) is 0.591. The van der Waals surface area contributed by atoms with Crippen molar-refractivity contribution in [2.75, 3.05) is 0 Å². The second-order valence-corrected chi connectivity index (χ2v) is 10.2. The molecule has 5 nitrogen and oxygen atoms in total. The van der Waals surface area contributed by atoms with Gasteiger partial charge in [0.2, 0.25) is 5.91 Å². The summed E-state index contributed by atoms with van der Waals surface area (Å²) in [6, 6.07) is 7.83. The number of nitrogens with two attached hydrogens (primary N) is 1. The second-order valence-electron chi connectivity index (χ2n) is 9.77. The van der Waals surface area contributed by atoms with E-state index in [0.29, 0.717) is 18.3 Å². The third-order valence-corrected chi connectivity index (χ3v) is 8.52. The van der Waals surface area contributed by atoms with Crippen molar-refractivity contribution in [3.63, 3.8) is 0 Å². The minimum absolute atomic E-state index is 0.0320. The topological polar surface area (TPSA) is 74.7 Å². The van der Waals surface area contributed by atoms with E-state index in [0.717, 1.165) is 23.0 Å². The van der Waals surface area contributed by atoms with Crippen LogP contribution in [0.5, 0.6) is 0 Å². The molecule has 154 valence electrons. The van der Waals surface area contributed by atoms with Crippen LogP contribution >= 0.6 is 11.6 Å². The van der Waals surface area contributed by atoms with Crippen molar-refractivity contribution < 1.29 is 18.5 Å². The van der Waals surface area contributed by atoms with Crippen molar-refractivity contribution in [2.45, 2.75) is 62.9 Å². The molecule has 1 unspecified atom stereocenters. The summed E-state index contributed by atoms with van der Waals surface area (Å²) in [7, 11) is -0.566. The standard InChI is InChI=1S/C22H27BClNO4/c1-21(2)13-9-17(21)22(3)18(10-13)28-23(29-22)15(19(24)20(25)26)8-12-11-27-16-7-5-4-6-14(12)16/h4-7,11,13,15,17-19H,8-10H2,1-3H3,(H2,25,26)/t13-,15+,17-,18+,19?,22-/m0/s1. The number of para-hydroxylation sites is 1. The summed E-state index contributed by atoms with van der Waals surface area (Å²) >= 11 is 6.51. The molecule has 3 aliphatic carbocycles. The first-order valence-corrected chi connectivity index (χ1v) is 10.9. The summed E-state index contributed by atoms with van der Waals surface area (Å²) in [5, 5.41) is 0.122. The molecule has 6 rings (SSSR count). The van der Waals surface area contributed by atoms with Crippen LogP contribution in [0.15, 0.2) is 34.9 Å². The largest absolute Gasteiger partial charge is 0.464 e. The Bertz CT molecular complexity index is 961. The maximum absolute atomic E-state index is 12.0. The molecule has 2 bridgehead atoms. The lowest BCUT2D eigenvalue weighted by atomic mass is 9.43. The summed E-state index contributed by atoms with van der Waals surface area (Å²) in [6.45, 7) is 6.82. The monoisotopic (exact) mass is 415 g/mol. The van der Waals surface area contributed by atoms with Crippen LogP contribution in [0.25, 0.3) is 11.0 Å². The highest BCUT2D eigenvalue weighted by Crippen LogP contribution is 2.66. The molecule has 0 radical (unpaired) electrons. The van der Waals surface area contributed by atoms with Crippen molar-refractivity contribution in [3.05, 3.63) is 36.1 Å². The Hall–Kier alpha value is -1.50. The number of hydrogen-bond acceptors (Lipinski definition) is 4. The van der Waals surface area contributed by atoms with E-state index in [4.69, 9.17) is 31.1 Å². The molecule has 6 atom stereocenters. The van der Waals surface area contributed by atoms with Gasteiger partial charge in [-0.05, 0) is 55.1 Å². The van der Waals surface area contributed by atoms with E-state index in [1.54, 1.807) is 6.26 Å². The predicted octanol–water partition coefficient (Wildman–Crippen LogP) is 4.17. The van der Waals surface area contributed by atoms with Gasteiger partial charge in [-0.3, -0.25) is 4.79 Å². The van der Waals surface area contributed by atoms with Crippen molar-refractivity contribution in [3.8, 4) is 0 Å². The molecule has 2 aromatic rings.